The molecule has 156 valence electrons. The van der Waals surface area contributed by atoms with Crippen molar-refractivity contribution in [3.05, 3.63) is 59.0 Å². The van der Waals surface area contributed by atoms with Crippen molar-refractivity contribution in [2.75, 3.05) is 26.2 Å². The van der Waals surface area contributed by atoms with Crippen LogP contribution in [0.15, 0.2) is 47.1 Å². The number of hydrogen-bond donors (Lipinski definition) is 0. The maximum Gasteiger partial charge on any atom is 0.254 e. The van der Waals surface area contributed by atoms with Crippen LogP contribution in [-0.2, 0) is 16.1 Å². The molecule has 7 heteroatoms. The van der Waals surface area contributed by atoms with Crippen molar-refractivity contribution in [1.29, 1.82) is 0 Å². The van der Waals surface area contributed by atoms with Crippen molar-refractivity contribution < 1.29 is 18.7 Å². The molecule has 3 rings (SSSR count). The second-order valence-electron chi connectivity index (χ2n) is 7.22. The lowest BCUT2D eigenvalue weighted by Crippen LogP contribution is -2.45. The molecule has 1 fully saturated rings. The molecular formula is C22H27ClN2O4. The van der Waals surface area contributed by atoms with E-state index in [1.54, 1.807) is 46.4 Å². The van der Waals surface area contributed by atoms with Crippen LogP contribution in [0.4, 0.5) is 0 Å². The van der Waals surface area contributed by atoms with Crippen LogP contribution in [0, 0.1) is 0 Å². The molecule has 1 aromatic carbocycles. The van der Waals surface area contributed by atoms with Crippen LogP contribution in [0.3, 0.4) is 0 Å². The van der Waals surface area contributed by atoms with Gasteiger partial charge in [0.1, 0.15) is 12.3 Å². The fraction of sp³-hybridized carbons (Fsp3) is 0.455. The highest BCUT2D eigenvalue weighted by Gasteiger charge is 2.26. The van der Waals surface area contributed by atoms with Gasteiger partial charge in [0.05, 0.1) is 18.9 Å². The highest BCUT2D eigenvalue weighted by Crippen LogP contribution is 2.17. The molecule has 0 aliphatic carbocycles. The lowest BCUT2D eigenvalue weighted by atomic mass is 10.2. The van der Waals surface area contributed by atoms with Gasteiger partial charge >= 0.3 is 0 Å². The van der Waals surface area contributed by atoms with Crippen LogP contribution in [-0.4, -0.2) is 54.0 Å². The third-order valence-electron chi connectivity index (χ3n) is 4.93. The number of rotatable bonds is 9. The van der Waals surface area contributed by atoms with Crippen molar-refractivity contribution in [2.24, 2.45) is 0 Å². The first-order chi connectivity index (χ1) is 14.1. The van der Waals surface area contributed by atoms with Gasteiger partial charge in [-0.3, -0.25) is 9.59 Å². The third-order valence-corrected chi connectivity index (χ3v) is 5.18. The summed E-state index contributed by atoms with van der Waals surface area (Å²) in [5.74, 6) is 0.419. The molecule has 2 heterocycles. The predicted molar refractivity (Wildman–Crippen MR) is 111 cm³/mol. The number of ether oxygens (including phenoxy) is 1. The van der Waals surface area contributed by atoms with Crippen molar-refractivity contribution in [3.8, 4) is 0 Å². The smallest absolute Gasteiger partial charge is 0.254 e. The average molecular weight is 419 g/mol. The fourth-order valence-electron chi connectivity index (χ4n) is 3.44. The molecule has 1 aliphatic heterocycles. The highest BCUT2D eigenvalue weighted by molar-refractivity contribution is 6.30. The molecule has 1 atom stereocenters. The Hall–Kier alpha value is -2.31. The molecule has 0 bridgehead atoms. The molecule has 1 aliphatic rings. The molecule has 1 aromatic heterocycles. The third kappa shape index (κ3) is 6.08. The van der Waals surface area contributed by atoms with Gasteiger partial charge in [-0.2, -0.15) is 0 Å². The largest absolute Gasteiger partial charge is 0.467 e. The number of carbonyl (C=O) groups is 2. The van der Waals surface area contributed by atoms with Crippen LogP contribution in [0.25, 0.3) is 0 Å². The van der Waals surface area contributed by atoms with E-state index in [0.29, 0.717) is 36.0 Å². The number of nitrogens with zero attached hydrogens (tertiary/aromatic N) is 2. The summed E-state index contributed by atoms with van der Waals surface area (Å²) in [6.07, 6.45) is 4.32. The maximum atomic E-state index is 13.1. The Labute approximate surface area is 176 Å². The lowest BCUT2D eigenvalue weighted by molar-refractivity contribution is -0.134. The summed E-state index contributed by atoms with van der Waals surface area (Å²) in [5.41, 5.74) is 0.521. The normalized spacial score (nSPS) is 16.0. The Kier molecular flexibility index (Phi) is 7.72. The van der Waals surface area contributed by atoms with Crippen LogP contribution in [0.2, 0.25) is 5.02 Å². The van der Waals surface area contributed by atoms with Gasteiger partial charge < -0.3 is 19.0 Å². The topological polar surface area (TPSA) is 63.0 Å². The molecule has 2 amide bonds. The summed E-state index contributed by atoms with van der Waals surface area (Å²) >= 11 is 5.93. The highest BCUT2D eigenvalue weighted by atomic mass is 35.5. The minimum absolute atomic E-state index is 0.0166. The Morgan fingerprint density at radius 2 is 1.97 bits per heavy atom. The molecule has 0 saturated carbocycles. The SMILES string of the molecule is CCCN(CC(=O)N(Cc1ccco1)CC1CCCO1)C(=O)c1ccc(Cl)cc1. The van der Waals surface area contributed by atoms with Crippen molar-refractivity contribution >= 4 is 23.4 Å². The van der Waals surface area contributed by atoms with E-state index in [-0.39, 0.29) is 24.5 Å². The quantitative estimate of drug-likeness (QED) is 0.617. The first-order valence-corrected chi connectivity index (χ1v) is 10.4. The first-order valence-electron chi connectivity index (χ1n) is 10.0. The summed E-state index contributed by atoms with van der Waals surface area (Å²) < 4.78 is 11.1. The molecule has 0 radical (unpaired) electrons. The number of furan rings is 1. The zero-order valence-corrected chi connectivity index (χ0v) is 17.4. The molecule has 0 N–H and O–H groups in total. The second-order valence-corrected chi connectivity index (χ2v) is 7.66. The summed E-state index contributed by atoms with van der Waals surface area (Å²) in [6.45, 7) is 4.09. The Balaban J connectivity index is 1.71. The van der Waals surface area contributed by atoms with Crippen LogP contribution >= 0.6 is 11.6 Å². The van der Waals surface area contributed by atoms with Gasteiger partial charge in [0.25, 0.3) is 5.91 Å². The van der Waals surface area contributed by atoms with Gasteiger partial charge in [-0.15, -0.1) is 0 Å². The molecule has 6 nitrogen and oxygen atoms in total. The van der Waals surface area contributed by atoms with Gasteiger partial charge in [-0.25, -0.2) is 0 Å². The van der Waals surface area contributed by atoms with E-state index < -0.39 is 0 Å². The molecule has 0 spiro atoms. The van der Waals surface area contributed by atoms with Crippen molar-refractivity contribution in [2.45, 2.75) is 38.8 Å². The Morgan fingerprint density at radius 1 is 1.17 bits per heavy atom. The van der Waals surface area contributed by atoms with Crippen molar-refractivity contribution in [3.63, 3.8) is 0 Å². The van der Waals surface area contributed by atoms with E-state index in [0.717, 1.165) is 25.9 Å². The molecular weight excluding hydrogens is 392 g/mol. The Morgan fingerprint density at radius 3 is 2.59 bits per heavy atom. The minimum Gasteiger partial charge on any atom is -0.467 e. The van der Waals surface area contributed by atoms with Crippen LogP contribution < -0.4 is 0 Å². The number of carbonyl (C=O) groups excluding carboxylic acids is 2. The minimum atomic E-state index is -0.174. The molecule has 1 unspecified atom stereocenters. The summed E-state index contributed by atoms with van der Waals surface area (Å²) in [7, 11) is 0. The number of halogens is 1. The van der Waals surface area contributed by atoms with E-state index in [9.17, 15) is 9.59 Å². The van der Waals surface area contributed by atoms with Gasteiger partial charge in [-0.1, -0.05) is 18.5 Å². The van der Waals surface area contributed by atoms with E-state index in [1.165, 1.54) is 0 Å². The average Bonchev–Trinajstić information content (AvgIpc) is 3.41. The predicted octanol–water partition coefficient (Wildman–Crippen LogP) is 3.99. The lowest BCUT2D eigenvalue weighted by Gasteiger charge is -2.28. The first kappa shape index (κ1) is 21.4. The monoisotopic (exact) mass is 418 g/mol. The molecule has 2 aromatic rings. The van der Waals surface area contributed by atoms with E-state index in [4.69, 9.17) is 20.8 Å². The van der Waals surface area contributed by atoms with E-state index >= 15 is 0 Å². The molecule has 1 saturated heterocycles. The van der Waals surface area contributed by atoms with Gasteiger partial charge in [-0.05, 0) is 55.7 Å². The zero-order valence-electron chi connectivity index (χ0n) is 16.7. The summed E-state index contributed by atoms with van der Waals surface area (Å²) in [5, 5.41) is 0.570. The number of hydrogen-bond acceptors (Lipinski definition) is 4. The van der Waals surface area contributed by atoms with Crippen LogP contribution in [0.5, 0.6) is 0 Å². The van der Waals surface area contributed by atoms with Crippen molar-refractivity contribution in [1.82, 2.24) is 9.80 Å². The van der Waals surface area contributed by atoms with E-state index in [2.05, 4.69) is 0 Å². The van der Waals surface area contributed by atoms with Gasteiger partial charge in [0.2, 0.25) is 5.91 Å². The van der Waals surface area contributed by atoms with Gasteiger partial charge in [0, 0.05) is 30.3 Å². The van der Waals surface area contributed by atoms with E-state index in [1.807, 2.05) is 13.0 Å². The molecule has 29 heavy (non-hydrogen) atoms. The maximum absolute atomic E-state index is 13.1. The standard InChI is InChI=1S/C22H27ClN2O4/c1-2-11-24(22(27)17-7-9-18(23)10-8-17)16-21(26)25(14-19-5-3-12-28-19)15-20-6-4-13-29-20/h3,5,7-10,12,20H,2,4,6,11,13-16H2,1H3. The number of amides is 2. The summed E-state index contributed by atoms with van der Waals surface area (Å²) in [6, 6.07) is 10.4. The van der Waals surface area contributed by atoms with Crippen LogP contribution in [0.1, 0.15) is 42.3 Å². The second kappa shape index (κ2) is 10.5. The zero-order chi connectivity index (χ0) is 20.6. The Bertz CT molecular complexity index is 786. The number of benzene rings is 1. The van der Waals surface area contributed by atoms with Gasteiger partial charge in [0.15, 0.2) is 0 Å². The fourth-order valence-corrected chi connectivity index (χ4v) is 3.57. The summed E-state index contributed by atoms with van der Waals surface area (Å²) in [4.78, 5) is 29.4.